The Morgan fingerprint density at radius 1 is 1.24 bits per heavy atom. The highest BCUT2D eigenvalue weighted by atomic mass is 35.5. The van der Waals surface area contributed by atoms with E-state index in [2.05, 4.69) is 25.1 Å². The zero-order valence-electron chi connectivity index (χ0n) is 19.1. The Bertz CT molecular complexity index is 1160. The molecule has 3 aromatic heterocycles. The molecule has 184 valence electrons. The second-order valence-corrected chi connectivity index (χ2v) is 11.2. The first-order chi connectivity index (χ1) is 15.7. The van der Waals surface area contributed by atoms with Gasteiger partial charge in [0.25, 0.3) is 0 Å². The molecule has 0 aromatic carbocycles. The number of nitrogens with zero attached hydrogens (tertiary/aromatic N) is 6. The van der Waals surface area contributed by atoms with Gasteiger partial charge >= 0.3 is 6.18 Å². The van der Waals surface area contributed by atoms with Crippen LogP contribution in [0.3, 0.4) is 0 Å². The number of aromatic nitrogens is 5. The minimum atomic E-state index is -4.39. The fraction of sp³-hybridized carbons (Fsp3) is 0.545. The number of thiazole rings is 1. The summed E-state index contributed by atoms with van der Waals surface area (Å²) < 4.78 is 40.5. The van der Waals surface area contributed by atoms with E-state index in [1.165, 1.54) is 6.20 Å². The molecular formula is C22H26ClF3N6S2. The summed E-state index contributed by atoms with van der Waals surface area (Å²) in [7, 11) is 1.99. The van der Waals surface area contributed by atoms with Crippen LogP contribution < -0.4 is 0 Å². The lowest BCUT2D eigenvalue weighted by Gasteiger charge is -2.21. The Balaban J connectivity index is 0.00000274. The van der Waals surface area contributed by atoms with E-state index in [4.69, 9.17) is 0 Å². The monoisotopic (exact) mass is 530 g/mol. The summed E-state index contributed by atoms with van der Waals surface area (Å²) in [6, 6.07) is 2.73. The summed E-state index contributed by atoms with van der Waals surface area (Å²) in [4.78, 5) is 11.6. The van der Waals surface area contributed by atoms with Gasteiger partial charge in [-0.3, -0.25) is 4.98 Å². The molecule has 2 aliphatic rings. The highest BCUT2D eigenvalue weighted by Crippen LogP contribution is 2.59. The van der Waals surface area contributed by atoms with E-state index in [-0.39, 0.29) is 17.8 Å². The maximum Gasteiger partial charge on any atom is 0.433 e. The van der Waals surface area contributed by atoms with Crippen molar-refractivity contribution in [2.75, 3.05) is 25.4 Å². The molecule has 12 heteroatoms. The van der Waals surface area contributed by atoms with E-state index in [0.717, 1.165) is 76.4 Å². The third-order valence-electron chi connectivity index (χ3n) is 6.64. The highest BCUT2D eigenvalue weighted by molar-refractivity contribution is 7.99. The van der Waals surface area contributed by atoms with Crippen molar-refractivity contribution < 1.29 is 13.2 Å². The van der Waals surface area contributed by atoms with Crippen molar-refractivity contribution in [3.8, 4) is 10.7 Å². The number of fused-ring (bicyclic) bond motifs is 1. The second kappa shape index (κ2) is 9.40. The van der Waals surface area contributed by atoms with Crippen LogP contribution >= 0.6 is 35.5 Å². The standard InChI is InChI=1S/C22H25F3N6S2.ClH/c1-13-18(33-14(2)27-13)19-28-29-20(30(19)3)32-8-4-7-31-11-16-9-21(16,12-31)15-5-6-17(26-10-15)22(23,24)25;/h5-6,10,16H,4,7-9,11-12H2,1-3H3;1H/t16-,21?;/m1./s1. The Morgan fingerprint density at radius 2 is 2.03 bits per heavy atom. The number of alkyl halides is 3. The molecule has 0 N–H and O–H groups in total. The molecule has 5 rings (SSSR count). The molecule has 0 radical (unpaired) electrons. The molecule has 1 aliphatic heterocycles. The molecule has 1 aliphatic carbocycles. The van der Waals surface area contributed by atoms with E-state index in [0.29, 0.717) is 5.92 Å². The van der Waals surface area contributed by atoms with Gasteiger partial charge in [-0.15, -0.1) is 33.9 Å². The molecule has 3 aromatic rings. The third-order valence-corrected chi connectivity index (χ3v) is 8.81. The number of pyridine rings is 1. The van der Waals surface area contributed by atoms with Gasteiger partial charge in [0.2, 0.25) is 0 Å². The van der Waals surface area contributed by atoms with Crippen LogP contribution in [0.25, 0.3) is 10.7 Å². The number of halogens is 4. The fourth-order valence-electron chi connectivity index (χ4n) is 4.89. The van der Waals surface area contributed by atoms with E-state index in [9.17, 15) is 13.2 Å². The van der Waals surface area contributed by atoms with Gasteiger partial charge in [0.15, 0.2) is 11.0 Å². The average Bonchev–Trinajstić information content (AvgIpc) is 3.00. The number of aryl methyl sites for hydroxylation is 2. The predicted octanol–water partition coefficient (Wildman–Crippen LogP) is 5.15. The van der Waals surface area contributed by atoms with Crippen LogP contribution in [0.1, 0.15) is 34.8 Å². The van der Waals surface area contributed by atoms with Crippen LogP contribution in [0, 0.1) is 19.8 Å². The topological polar surface area (TPSA) is 59.7 Å². The van der Waals surface area contributed by atoms with Crippen molar-refractivity contribution in [1.82, 2.24) is 29.6 Å². The van der Waals surface area contributed by atoms with Crippen LogP contribution in [0.5, 0.6) is 0 Å². The lowest BCUT2D eigenvalue weighted by molar-refractivity contribution is -0.141. The summed E-state index contributed by atoms with van der Waals surface area (Å²) in [6.45, 7) is 6.86. The van der Waals surface area contributed by atoms with E-state index < -0.39 is 11.9 Å². The van der Waals surface area contributed by atoms with Gasteiger partial charge in [0, 0.05) is 37.5 Å². The van der Waals surface area contributed by atoms with Gasteiger partial charge in [-0.05, 0) is 50.8 Å². The minimum absolute atomic E-state index is 0. The number of piperidine rings is 1. The van der Waals surface area contributed by atoms with Crippen LogP contribution in [0.15, 0.2) is 23.5 Å². The summed E-state index contributed by atoms with van der Waals surface area (Å²) in [6.07, 6.45) is -0.899. The minimum Gasteiger partial charge on any atom is -0.304 e. The molecule has 4 heterocycles. The summed E-state index contributed by atoms with van der Waals surface area (Å²) in [5, 5.41) is 10.6. The maximum absolute atomic E-state index is 12.8. The molecule has 34 heavy (non-hydrogen) atoms. The lowest BCUT2D eigenvalue weighted by Crippen LogP contribution is -2.28. The second-order valence-electron chi connectivity index (χ2n) is 8.94. The van der Waals surface area contributed by atoms with Crippen molar-refractivity contribution >= 4 is 35.5 Å². The number of hydrogen-bond acceptors (Lipinski definition) is 7. The quantitative estimate of drug-likeness (QED) is 0.311. The van der Waals surface area contributed by atoms with E-state index in [1.54, 1.807) is 29.2 Å². The third kappa shape index (κ3) is 4.72. The molecular weight excluding hydrogens is 505 g/mol. The van der Waals surface area contributed by atoms with Gasteiger partial charge in [0.1, 0.15) is 5.69 Å². The SMILES string of the molecule is Cc1nc(C)c(-c2nnc(SCCCN3C[C@H]4CC4(c4ccc(C(F)(F)F)nc4)C3)n2C)s1.Cl. The average molecular weight is 531 g/mol. The Labute approximate surface area is 210 Å². The molecule has 1 saturated carbocycles. The molecule has 2 fully saturated rings. The van der Waals surface area contributed by atoms with Crippen molar-refractivity contribution in [1.29, 1.82) is 0 Å². The van der Waals surface area contributed by atoms with Crippen LogP contribution in [-0.4, -0.2) is 55.0 Å². The first-order valence-corrected chi connectivity index (χ1v) is 12.7. The summed E-state index contributed by atoms with van der Waals surface area (Å²) in [5.74, 6) is 2.31. The van der Waals surface area contributed by atoms with Crippen molar-refractivity contribution in [2.24, 2.45) is 13.0 Å². The van der Waals surface area contributed by atoms with Crippen LogP contribution in [-0.2, 0) is 18.6 Å². The molecule has 1 unspecified atom stereocenters. The van der Waals surface area contributed by atoms with E-state index >= 15 is 0 Å². The van der Waals surface area contributed by atoms with Gasteiger partial charge in [-0.25, -0.2) is 4.98 Å². The highest BCUT2D eigenvalue weighted by Gasteiger charge is 2.60. The van der Waals surface area contributed by atoms with Crippen molar-refractivity contribution in [3.05, 3.63) is 40.3 Å². The smallest absolute Gasteiger partial charge is 0.304 e. The number of thioether (sulfide) groups is 1. The largest absolute Gasteiger partial charge is 0.433 e. The Hall–Kier alpha value is -1.69. The number of hydrogen-bond donors (Lipinski definition) is 0. The van der Waals surface area contributed by atoms with Gasteiger partial charge in [-0.2, -0.15) is 13.2 Å². The summed E-state index contributed by atoms with van der Waals surface area (Å²) in [5.41, 5.74) is 1.10. The zero-order chi connectivity index (χ0) is 23.4. The van der Waals surface area contributed by atoms with Gasteiger partial charge in [0.05, 0.1) is 15.6 Å². The molecule has 0 spiro atoms. The Kier molecular flexibility index (Phi) is 7.03. The van der Waals surface area contributed by atoms with Crippen molar-refractivity contribution in [3.63, 3.8) is 0 Å². The van der Waals surface area contributed by atoms with Crippen molar-refractivity contribution in [2.45, 2.75) is 43.4 Å². The molecule has 0 bridgehead atoms. The first-order valence-electron chi connectivity index (χ1n) is 10.9. The molecule has 1 saturated heterocycles. The van der Waals surface area contributed by atoms with Gasteiger partial charge < -0.3 is 9.47 Å². The summed E-state index contributed by atoms with van der Waals surface area (Å²) >= 11 is 3.33. The Morgan fingerprint density at radius 3 is 2.68 bits per heavy atom. The molecule has 6 nitrogen and oxygen atoms in total. The normalized spacial score (nSPS) is 22.0. The molecule has 2 atom stereocenters. The van der Waals surface area contributed by atoms with Crippen LogP contribution in [0.2, 0.25) is 0 Å². The fourth-order valence-corrected chi connectivity index (χ4v) is 6.66. The zero-order valence-corrected chi connectivity index (χ0v) is 21.5. The number of likely N-dealkylation sites (tertiary alicyclic amines) is 1. The van der Waals surface area contributed by atoms with Crippen LogP contribution in [0.4, 0.5) is 13.2 Å². The number of rotatable bonds is 7. The first kappa shape index (κ1) is 25.4. The predicted molar refractivity (Wildman–Crippen MR) is 130 cm³/mol. The van der Waals surface area contributed by atoms with Gasteiger partial charge in [-0.1, -0.05) is 17.8 Å². The molecule has 0 amide bonds. The van der Waals surface area contributed by atoms with E-state index in [1.807, 2.05) is 25.5 Å². The maximum atomic E-state index is 12.8. The lowest BCUT2D eigenvalue weighted by atomic mass is 9.96.